The fourth-order valence-corrected chi connectivity index (χ4v) is 6.09. The molecule has 124 valence electrons. The van der Waals surface area contributed by atoms with Crippen molar-refractivity contribution in [2.75, 3.05) is 18.6 Å². The third kappa shape index (κ3) is 3.29. The molecule has 0 heterocycles. The lowest BCUT2D eigenvalue weighted by Crippen LogP contribution is -2.56. The highest BCUT2D eigenvalue weighted by Crippen LogP contribution is 2.61. The number of thioether (sulfide) groups is 1. The highest BCUT2D eigenvalue weighted by molar-refractivity contribution is 8.00. The zero-order valence-electron chi connectivity index (χ0n) is 13.6. The molecular formula is C17H27NO3S. The van der Waals surface area contributed by atoms with Gasteiger partial charge in [-0.15, -0.1) is 11.8 Å². The van der Waals surface area contributed by atoms with Gasteiger partial charge in [0.1, 0.15) is 0 Å². The number of rotatable bonds is 6. The fraction of sp³-hybridized carbons (Fsp3) is 0.882. The van der Waals surface area contributed by atoms with E-state index in [1.807, 2.05) is 0 Å². The Bertz CT molecular complexity index is 416. The molecular weight excluding hydrogens is 298 g/mol. The van der Waals surface area contributed by atoms with Crippen molar-refractivity contribution in [3.63, 3.8) is 0 Å². The molecule has 4 saturated carbocycles. The quantitative estimate of drug-likeness (QED) is 0.763. The summed E-state index contributed by atoms with van der Waals surface area (Å²) in [6.45, 7) is 2.19. The summed E-state index contributed by atoms with van der Waals surface area (Å²) in [7, 11) is 1.37. The van der Waals surface area contributed by atoms with E-state index in [9.17, 15) is 9.59 Å². The van der Waals surface area contributed by atoms with E-state index < -0.39 is 0 Å². The van der Waals surface area contributed by atoms with Crippen molar-refractivity contribution >= 4 is 23.6 Å². The van der Waals surface area contributed by atoms with E-state index in [4.69, 9.17) is 0 Å². The number of nitrogens with one attached hydrogen (secondary N) is 1. The van der Waals surface area contributed by atoms with Crippen LogP contribution in [-0.2, 0) is 14.3 Å². The molecule has 4 rings (SSSR count). The minimum Gasteiger partial charge on any atom is -0.468 e. The van der Waals surface area contributed by atoms with E-state index in [1.54, 1.807) is 0 Å². The zero-order valence-corrected chi connectivity index (χ0v) is 14.4. The third-order valence-corrected chi connectivity index (χ3v) is 6.97. The van der Waals surface area contributed by atoms with Crippen LogP contribution in [0, 0.1) is 23.2 Å². The van der Waals surface area contributed by atoms with E-state index in [-0.39, 0.29) is 23.7 Å². The molecule has 0 spiro atoms. The van der Waals surface area contributed by atoms with Crippen molar-refractivity contribution in [1.82, 2.24) is 5.32 Å². The van der Waals surface area contributed by atoms with Crippen molar-refractivity contribution < 1.29 is 14.3 Å². The van der Waals surface area contributed by atoms with Crippen molar-refractivity contribution in [3.8, 4) is 0 Å². The SMILES string of the molecule is COC(=O)CSCC(=O)N[C@H](C)C12CC3CC(CC(C3)C1)C2. The number of hydrogen-bond acceptors (Lipinski definition) is 4. The molecule has 4 fully saturated rings. The average Bonchev–Trinajstić information content (AvgIpc) is 2.45. The second kappa shape index (κ2) is 6.42. The molecule has 0 aliphatic heterocycles. The largest absolute Gasteiger partial charge is 0.468 e. The van der Waals surface area contributed by atoms with E-state index in [2.05, 4.69) is 17.0 Å². The van der Waals surface area contributed by atoms with Gasteiger partial charge < -0.3 is 10.1 Å². The molecule has 4 aliphatic carbocycles. The van der Waals surface area contributed by atoms with Crippen LogP contribution in [0.25, 0.3) is 0 Å². The average molecular weight is 325 g/mol. The standard InChI is InChI=1S/C17H27NO3S/c1-11(18-15(19)9-22-10-16(20)21-2)17-6-12-3-13(7-17)5-14(4-12)8-17/h11-14H,3-10H2,1-2H3,(H,18,19)/t11-,12?,13?,14?,17?/m1/s1. The molecule has 0 saturated heterocycles. The summed E-state index contributed by atoms with van der Waals surface area (Å²) in [6, 6.07) is 0.257. The predicted octanol–water partition coefficient (Wildman–Crippen LogP) is 2.61. The zero-order chi connectivity index (χ0) is 15.7. The van der Waals surface area contributed by atoms with Crippen molar-refractivity contribution in [1.29, 1.82) is 0 Å². The first-order chi connectivity index (χ1) is 10.5. The second-order valence-corrected chi connectivity index (χ2v) is 8.62. The lowest BCUT2D eigenvalue weighted by molar-refractivity contribution is -0.137. The van der Waals surface area contributed by atoms with Gasteiger partial charge in [-0.05, 0) is 68.6 Å². The topological polar surface area (TPSA) is 55.4 Å². The van der Waals surface area contributed by atoms with Crippen LogP contribution in [0.2, 0.25) is 0 Å². The van der Waals surface area contributed by atoms with Gasteiger partial charge in [0.2, 0.25) is 5.91 Å². The van der Waals surface area contributed by atoms with Gasteiger partial charge >= 0.3 is 5.97 Å². The van der Waals surface area contributed by atoms with E-state index in [0.717, 1.165) is 17.8 Å². The highest BCUT2D eigenvalue weighted by Gasteiger charge is 2.53. The Morgan fingerprint density at radius 1 is 1.14 bits per heavy atom. The Balaban J connectivity index is 1.50. The van der Waals surface area contributed by atoms with Crippen LogP contribution in [0.15, 0.2) is 0 Å². The number of ether oxygens (including phenoxy) is 1. The van der Waals surface area contributed by atoms with Gasteiger partial charge in [0.05, 0.1) is 18.6 Å². The number of amides is 1. The van der Waals surface area contributed by atoms with E-state index in [0.29, 0.717) is 11.2 Å². The van der Waals surface area contributed by atoms with Crippen LogP contribution in [-0.4, -0.2) is 36.5 Å². The summed E-state index contributed by atoms with van der Waals surface area (Å²) < 4.78 is 4.59. The Morgan fingerprint density at radius 3 is 2.18 bits per heavy atom. The Kier molecular flexibility index (Phi) is 4.72. The summed E-state index contributed by atoms with van der Waals surface area (Å²) >= 11 is 1.33. The Hall–Kier alpha value is -0.710. The van der Waals surface area contributed by atoms with Crippen LogP contribution in [0.3, 0.4) is 0 Å². The van der Waals surface area contributed by atoms with E-state index >= 15 is 0 Å². The number of esters is 1. The number of carbonyl (C=O) groups is 2. The predicted molar refractivity (Wildman–Crippen MR) is 87.6 cm³/mol. The summed E-state index contributed by atoms with van der Waals surface area (Å²) in [5, 5.41) is 3.22. The van der Waals surface area contributed by atoms with Gasteiger partial charge in [0.15, 0.2) is 0 Å². The van der Waals surface area contributed by atoms with Gasteiger partial charge in [-0.2, -0.15) is 0 Å². The monoisotopic (exact) mass is 325 g/mol. The molecule has 1 atom stereocenters. The van der Waals surface area contributed by atoms with Crippen LogP contribution in [0.4, 0.5) is 0 Å². The van der Waals surface area contributed by atoms with Crippen molar-refractivity contribution in [2.24, 2.45) is 23.2 Å². The normalized spacial score (nSPS) is 36.9. The minimum absolute atomic E-state index is 0.0529. The highest BCUT2D eigenvalue weighted by atomic mass is 32.2. The minimum atomic E-state index is -0.271. The molecule has 1 amide bonds. The molecule has 22 heavy (non-hydrogen) atoms. The summed E-state index contributed by atoms with van der Waals surface area (Å²) in [6.07, 6.45) is 8.18. The molecule has 5 heteroatoms. The third-order valence-electron chi connectivity index (χ3n) is 6.06. The second-order valence-electron chi connectivity index (χ2n) is 7.64. The first kappa shape index (κ1) is 16.2. The number of hydrogen-bond donors (Lipinski definition) is 1. The summed E-state index contributed by atoms with van der Waals surface area (Å²) in [5.74, 6) is 3.07. The molecule has 1 N–H and O–H groups in total. The number of carbonyl (C=O) groups excluding carboxylic acids is 2. The molecule has 0 aromatic rings. The molecule has 4 aliphatic rings. The van der Waals surface area contributed by atoms with Crippen LogP contribution in [0.1, 0.15) is 45.4 Å². The first-order valence-corrected chi connectivity index (χ1v) is 9.60. The van der Waals surface area contributed by atoms with E-state index in [1.165, 1.54) is 57.4 Å². The van der Waals surface area contributed by atoms with Crippen molar-refractivity contribution in [2.45, 2.75) is 51.5 Å². The molecule has 4 bridgehead atoms. The summed E-state index contributed by atoms with van der Waals surface area (Å²) in [4.78, 5) is 23.2. The first-order valence-electron chi connectivity index (χ1n) is 8.44. The van der Waals surface area contributed by atoms with Gasteiger partial charge in [-0.1, -0.05) is 0 Å². The molecule has 0 aromatic heterocycles. The number of methoxy groups -OCH3 is 1. The van der Waals surface area contributed by atoms with Gasteiger partial charge in [-0.3, -0.25) is 9.59 Å². The van der Waals surface area contributed by atoms with Gasteiger partial charge in [0, 0.05) is 6.04 Å². The maximum absolute atomic E-state index is 12.1. The van der Waals surface area contributed by atoms with Gasteiger partial charge in [-0.25, -0.2) is 0 Å². The Morgan fingerprint density at radius 2 is 1.68 bits per heavy atom. The molecule has 4 nitrogen and oxygen atoms in total. The lowest BCUT2D eigenvalue weighted by Gasteiger charge is -2.59. The van der Waals surface area contributed by atoms with Crippen LogP contribution < -0.4 is 5.32 Å². The summed E-state index contributed by atoms with van der Waals surface area (Å²) in [5.41, 5.74) is 0.345. The molecule has 0 aromatic carbocycles. The smallest absolute Gasteiger partial charge is 0.315 e. The van der Waals surface area contributed by atoms with Gasteiger partial charge in [0.25, 0.3) is 0 Å². The lowest BCUT2D eigenvalue weighted by atomic mass is 9.48. The van der Waals surface area contributed by atoms with Crippen molar-refractivity contribution in [3.05, 3.63) is 0 Å². The molecule has 0 unspecified atom stereocenters. The Labute approximate surface area is 137 Å². The maximum Gasteiger partial charge on any atom is 0.315 e. The van der Waals surface area contributed by atoms with Crippen LogP contribution >= 0.6 is 11.8 Å². The van der Waals surface area contributed by atoms with Crippen LogP contribution in [0.5, 0.6) is 0 Å². The fourth-order valence-electron chi connectivity index (χ4n) is 5.43. The molecule has 0 radical (unpaired) electrons. The maximum atomic E-state index is 12.1.